The average Bonchev–Trinajstić information content (AvgIpc) is 3.24. The lowest BCUT2D eigenvalue weighted by molar-refractivity contribution is -0.137. The molecule has 0 amide bonds. The van der Waals surface area contributed by atoms with E-state index in [1.165, 1.54) is 0 Å². The molecule has 0 saturated heterocycles. The maximum absolute atomic E-state index is 11.5. The smallest absolute Gasteiger partial charge is 0.307 e. The van der Waals surface area contributed by atoms with Gasteiger partial charge < -0.3 is 26.4 Å². The summed E-state index contributed by atoms with van der Waals surface area (Å²) < 4.78 is 0. The summed E-state index contributed by atoms with van der Waals surface area (Å²) in [5.74, 6) is -1.92. The molecule has 0 unspecified atom stereocenters. The van der Waals surface area contributed by atoms with E-state index < -0.39 is 24.8 Å². The predicted octanol–water partition coefficient (Wildman–Crippen LogP) is 3.46. The second kappa shape index (κ2) is 8.87. The third-order valence-electron chi connectivity index (χ3n) is 5.75. The molecule has 36 heavy (non-hydrogen) atoms. The van der Waals surface area contributed by atoms with Crippen molar-refractivity contribution < 1.29 is 24.9 Å². The highest BCUT2D eigenvalue weighted by atomic mass is 16.4. The van der Waals surface area contributed by atoms with Gasteiger partial charge in [-0.1, -0.05) is 12.1 Å². The van der Waals surface area contributed by atoms with Gasteiger partial charge in [0.1, 0.15) is 11.6 Å². The van der Waals surface area contributed by atoms with E-state index in [2.05, 4.69) is 25.5 Å². The van der Waals surface area contributed by atoms with Gasteiger partial charge in [-0.3, -0.25) is 14.7 Å². The number of hydrogen-bond acceptors (Lipinski definition) is 8. The predicted molar refractivity (Wildman–Crippen MR) is 133 cm³/mol. The van der Waals surface area contributed by atoms with Crippen LogP contribution < -0.4 is 11.1 Å². The standard InChI is InChI=1S/C25H20N6O5/c26-25-27-6-5-20(29-25)28-15-3-4-19-18(10-15)23(31-30-19)13-2-1-12-7-14(9-21(32)33)24(36)17(11-22(34)35)16(12)8-13/h1-8,10,36H,9,11H2,(H,30,31)(H,32,33)(H,34,35)(H3,26,27,28,29). The lowest BCUT2D eigenvalue weighted by atomic mass is 9.93. The number of nitrogen functional groups attached to an aromatic ring is 1. The molecule has 0 aliphatic rings. The quantitative estimate of drug-likeness (QED) is 0.200. The van der Waals surface area contributed by atoms with Gasteiger partial charge in [0.05, 0.1) is 24.1 Å². The van der Waals surface area contributed by atoms with E-state index in [1.54, 1.807) is 30.5 Å². The highest BCUT2D eigenvalue weighted by Crippen LogP contribution is 2.36. The molecule has 11 nitrogen and oxygen atoms in total. The number of carboxylic acid groups (broad SMARTS) is 2. The van der Waals surface area contributed by atoms with Gasteiger partial charge in [0.2, 0.25) is 5.95 Å². The number of hydrogen-bond donors (Lipinski definition) is 6. The molecule has 5 aromatic rings. The monoisotopic (exact) mass is 484 g/mol. The molecular formula is C25H20N6O5. The van der Waals surface area contributed by atoms with Gasteiger partial charge in [0, 0.05) is 34.0 Å². The number of nitrogens with zero attached hydrogens (tertiary/aromatic N) is 3. The molecule has 5 rings (SSSR count). The first-order chi connectivity index (χ1) is 17.3. The van der Waals surface area contributed by atoms with Crippen molar-refractivity contribution in [2.24, 2.45) is 0 Å². The lowest BCUT2D eigenvalue weighted by Crippen LogP contribution is -2.06. The fourth-order valence-corrected chi connectivity index (χ4v) is 4.20. The molecule has 0 spiro atoms. The topological polar surface area (TPSA) is 187 Å². The molecule has 0 saturated carbocycles. The first kappa shape index (κ1) is 22.6. The molecule has 0 bridgehead atoms. The number of aromatic hydroxyl groups is 1. The van der Waals surface area contributed by atoms with Crippen LogP contribution in [-0.4, -0.2) is 47.4 Å². The van der Waals surface area contributed by atoms with Crippen molar-refractivity contribution in [1.82, 2.24) is 20.2 Å². The van der Waals surface area contributed by atoms with Gasteiger partial charge in [-0.2, -0.15) is 10.1 Å². The Kier molecular flexibility index (Phi) is 5.57. The zero-order valence-electron chi connectivity index (χ0n) is 18.7. The molecule has 0 aliphatic carbocycles. The molecule has 0 radical (unpaired) electrons. The second-order valence-electron chi connectivity index (χ2n) is 8.20. The van der Waals surface area contributed by atoms with Crippen LogP contribution in [0.4, 0.5) is 17.5 Å². The number of rotatable bonds is 7. The van der Waals surface area contributed by atoms with Crippen LogP contribution in [0.5, 0.6) is 5.75 Å². The van der Waals surface area contributed by atoms with Gasteiger partial charge in [-0.25, -0.2) is 4.98 Å². The Hall–Kier alpha value is -5.19. The van der Waals surface area contributed by atoms with Crippen LogP contribution in [0.3, 0.4) is 0 Å². The van der Waals surface area contributed by atoms with Crippen LogP contribution >= 0.6 is 0 Å². The number of aromatic amines is 1. The van der Waals surface area contributed by atoms with Crippen LogP contribution in [-0.2, 0) is 22.4 Å². The second-order valence-corrected chi connectivity index (χ2v) is 8.20. The van der Waals surface area contributed by atoms with E-state index >= 15 is 0 Å². The summed E-state index contributed by atoms with van der Waals surface area (Å²) in [7, 11) is 0. The van der Waals surface area contributed by atoms with Gasteiger partial charge in [-0.05, 0) is 47.2 Å². The van der Waals surface area contributed by atoms with Gasteiger partial charge in [0.25, 0.3) is 0 Å². The maximum Gasteiger partial charge on any atom is 0.307 e. The first-order valence-corrected chi connectivity index (χ1v) is 10.8. The highest BCUT2D eigenvalue weighted by molar-refractivity contribution is 6.00. The molecule has 3 aromatic carbocycles. The molecular weight excluding hydrogens is 464 g/mol. The number of phenols is 1. The van der Waals surface area contributed by atoms with Crippen LogP contribution in [0.25, 0.3) is 32.9 Å². The minimum absolute atomic E-state index is 0.146. The third-order valence-corrected chi connectivity index (χ3v) is 5.75. The van der Waals surface area contributed by atoms with Gasteiger partial charge in [0.15, 0.2) is 0 Å². The van der Waals surface area contributed by atoms with Crippen molar-refractivity contribution >= 4 is 51.1 Å². The summed E-state index contributed by atoms with van der Waals surface area (Å²) in [6, 6.07) is 14.2. The molecule has 0 fully saturated rings. The largest absolute Gasteiger partial charge is 0.507 e. The van der Waals surface area contributed by atoms with E-state index in [9.17, 15) is 24.9 Å². The molecule has 0 aliphatic heterocycles. The van der Waals surface area contributed by atoms with Crippen LogP contribution in [0, 0.1) is 0 Å². The Morgan fingerprint density at radius 2 is 1.78 bits per heavy atom. The molecule has 11 heteroatoms. The van der Waals surface area contributed by atoms with Crippen molar-refractivity contribution in [2.75, 3.05) is 11.1 Å². The Morgan fingerprint density at radius 1 is 0.972 bits per heavy atom. The number of aromatic nitrogens is 4. The molecule has 2 heterocycles. The summed E-state index contributed by atoms with van der Waals surface area (Å²) in [5.41, 5.74) is 8.80. The highest BCUT2D eigenvalue weighted by Gasteiger charge is 2.19. The Labute approximate surface area is 203 Å². The molecule has 0 atom stereocenters. The Balaban J connectivity index is 1.61. The number of fused-ring (bicyclic) bond motifs is 2. The molecule has 180 valence electrons. The van der Waals surface area contributed by atoms with Gasteiger partial charge in [-0.15, -0.1) is 0 Å². The number of phenolic OH excluding ortho intramolecular Hbond substituents is 1. The number of anilines is 3. The fraction of sp³-hybridized carbons (Fsp3) is 0.0800. The van der Waals surface area contributed by atoms with Crippen molar-refractivity contribution in [1.29, 1.82) is 0 Å². The normalized spacial score (nSPS) is 11.1. The zero-order valence-corrected chi connectivity index (χ0v) is 18.7. The molecule has 2 aromatic heterocycles. The average molecular weight is 484 g/mol. The summed E-state index contributed by atoms with van der Waals surface area (Å²) >= 11 is 0. The number of carboxylic acids is 2. The van der Waals surface area contributed by atoms with Crippen LogP contribution in [0.1, 0.15) is 11.1 Å². The number of benzene rings is 3. The van der Waals surface area contributed by atoms with Crippen LogP contribution in [0.15, 0.2) is 54.7 Å². The molecule has 7 N–H and O–H groups in total. The maximum atomic E-state index is 11.5. The zero-order chi connectivity index (χ0) is 25.4. The van der Waals surface area contributed by atoms with Crippen LogP contribution in [0.2, 0.25) is 0 Å². The van der Waals surface area contributed by atoms with E-state index in [0.29, 0.717) is 27.8 Å². The Morgan fingerprint density at radius 3 is 2.53 bits per heavy atom. The number of nitrogens with one attached hydrogen (secondary N) is 2. The number of aliphatic carboxylic acids is 2. The summed E-state index contributed by atoms with van der Waals surface area (Å²) in [4.78, 5) is 30.8. The fourth-order valence-electron chi connectivity index (χ4n) is 4.20. The SMILES string of the molecule is Nc1nccc(Nc2ccc3[nH]nc(-c4ccc5cc(CC(=O)O)c(O)c(CC(=O)O)c5c4)c3c2)n1. The Bertz CT molecular complexity index is 1660. The number of H-pyrrole nitrogens is 1. The van der Waals surface area contributed by atoms with Crippen molar-refractivity contribution in [3.05, 3.63) is 65.9 Å². The summed E-state index contributed by atoms with van der Waals surface area (Å²) in [5, 5.41) is 41.8. The number of nitrogens with two attached hydrogens (primary N) is 1. The summed E-state index contributed by atoms with van der Waals surface area (Å²) in [6.07, 6.45) is 0.665. The minimum Gasteiger partial charge on any atom is -0.507 e. The van der Waals surface area contributed by atoms with E-state index in [1.807, 2.05) is 24.3 Å². The van der Waals surface area contributed by atoms with E-state index in [-0.39, 0.29) is 22.8 Å². The first-order valence-electron chi connectivity index (χ1n) is 10.8. The number of carbonyl (C=O) groups is 2. The van der Waals surface area contributed by atoms with E-state index in [0.717, 1.165) is 16.6 Å². The van der Waals surface area contributed by atoms with Crippen molar-refractivity contribution in [2.45, 2.75) is 12.8 Å². The summed E-state index contributed by atoms with van der Waals surface area (Å²) in [6.45, 7) is 0. The van der Waals surface area contributed by atoms with Crippen molar-refractivity contribution in [3.8, 4) is 17.0 Å². The van der Waals surface area contributed by atoms with E-state index in [4.69, 9.17) is 5.73 Å². The third kappa shape index (κ3) is 4.32. The lowest BCUT2D eigenvalue weighted by Gasteiger charge is -2.13. The van der Waals surface area contributed by atoms with Crippen molar-refractivity contribution in [3.63, 3.8) is 0 Å². The van der Waals surface area contributed by atoms with Gasteiger partial charge >= 0.3 is 11.9 Å². The minimum atomic E-state index is -1.14.